The second kappa shape index (κ2) is 11.1. The van der Waals surface area contributed by atoms with Crippen LogP contribution < -0.4 is 5.32 Å². The minimum atomic E-state index is -0.0935. The van der Waals surface area contributed by atoms with Crippen LogP contribution in [0.15, 0.2) is 158 Å². The molecule has 0 fully saturated rings. The van der Waals surface area contributed by atoms with Crippen LogP contribution in [-0.2, 0) is 6.42 Å². The number of thiophene rings is 1. The van der Waals surface area contributed by atoms with Gasteiger partial charge in [0.1, 0.15) is 6.17 Å². The first kappa shape index (κ1) is 29.2. The lowest BCUT2D eigenvalue weighted by Gasteiger charge is -2.29. The summed E-state index contributed by atoms with van der Waals surface area (Å²) >= 11 is 1.95. The highest BCUT2D eigenvalue weighted by Gasteiger charge is 2.26. The molecule has 1 aliphatic carbocycles. The number of para-hydroxylation sites is 3. The molecule has 10 aromatic rings. The third-order valence-electron chi connectivity index (χ3n) is 11.6. The van der Waals surface area contributed by atoms with Crippen LogP contribution in [0.2, 0.25) is 0 Å². The Balaban J connectivity index is 1.19. The highest BCUT2D eigenvalue weighted by Crippen LogP contribution is 2.47. The quantitative estimate of drug-likeness (QED) is 0.195. The number of benzene rings is 7. The molecule has 0 bridgehead atoms. The Morgan fingerprint density at radius 3 is 2.30 bits per heavy atom. The van der Waals surface area contributed by atoms with Crippen LogP contribution in [0.5, 0.6) is 0 Å². The molecule has 3 aromatic heterocycles. The van der Waals surface area contributed by atoms with Crippen molar-refractivity contribution in [1.82, 2.24) is 9.13 Å². The zero-order valence-electron chi connectivity index (χ0n) is 28.9. The van der Waals surface area contributed by atoms with Crippen LogP contribution in [0, 0.1) is 0 Å². The molecule has 4 heterocycles. The van der Waals surface area contributed by atoms with Gasteiger partial charge in [-0.3, -0.25) is 0 Å². The van der Waals surface area contributed by atoms with Gasteiger partial charge < -0.3 is 14.5 Å². The number of nitrogens with one attached hydrogen (secondary N) is 1. The first-order valence-corrected chi connectivity index (χ1v) is 19.3. The summed E-state index contributed by atoms with van der Waals surface area (Å²) in [6.45, 7) is 0. The molecule has 1 aliphatic heterocycles. The summed E-state index contributed by atoms with van der Waals surface area (Å²) in [6, 6.07) is 53.7. The number of fused-ring (bicyclic) bond motifs is 13. The van der Waals surface area contributed by atoms with Crippen LogP contribution in [0.4, 0.5) is 5.69 Å². The van der Waals surface area contributed by atoms with Crippen LogP contribution >= 0.6 is 11.3 Å². The minimum Gasteiger partial charge on any atom is -0.361 e. The highest BCUT2D eigenvalue weighted by atomic mass is 32.1. The van der Waals surface area contributed by atoms with Crippen molar-refractivity contribution in [2.24, 2.45) is 0 Å². The van der Waals surface area contributed by atoms with Crippen LogP contribution in [-0.4, -0.2) is 9.13 Å². The van der Waals surface area contributed by atoms with Gasteiger partial charge in [-0.2, -0.15) is 0 Å². The number of aryl methyl sites for hydroxylation is 1. The van der Waals surface area contributed by atoms with Gasteiger partial charge in [-0.1, -0.05) is 115 Å². The van der Waals surface area contributed by atoms with E-state index in [0.717, 1.165) is 18.5 Å². The third-order valence-corrected chi connectivity index (χ3v) is 12.8. The van der Waals surface area contributed by atoms with Gasteiger partial charge in [-0.15, -0.1) is 11.3 Å². The number of nitrogens with zero attached hydrogens (tertiary/aromatic N) is 2. The summed E-state index contributed by atoms with van der Waals surface area (Å²) in [6.07, 6.45) is 9.14. The average Bonchev–Trinajstić information content (AvgIpc) is 3.88. The molecule has 2 aliphatic rings. The largest absolute Gasteiger partial charge is 0.361 e. The summed E-state index contributed by atoms with van der Waals surface area (Å²) in [5.74, 6) is 0. The van der Waals surface area contributed by atoms with Gasteiger partial charge in [0.15, 0.2) is 0 Å². The molecule has 1 N–H and O–H groups in total. The SMILES string of the molecule is C1=Cc2ccc3sc4c(ccc5c6cc7c8ccccc8n(C8C=C(c9ccccc9)c9ccccc9N8)c7cc6n(-c6ccccc6)c54)c3c2CC1. The fourth-order valence-electron chi connectivity index (χ4n) is 9.31. The van der Waals surface area contributed by atoms with E-state index >= 15 is 0 Å². The van der Waals surface area contributed by atoms with Crippen molar-refractivity contribution in [3.8, 4) is 5.69 Å². The van der Waals surface area contributed by atoms with E-state index in [2.05, 4.69) is 178 Å². The maximum Gasteiger partial charge on any atom is 0.124 e. The number of anilines is 1. The Labute approximate surface area is 310 Å². The Morgan fingerprint density at radius 2 is 1.40 bits per heavy atom. The van der Waals surface area contributed by atoms with Crippen molar-refractivity contribution in [3.05, 3.63) is 180 Å². The van der Waals surface area contributed by atoms with Crippen LogP contribution in [0.3, 0.4) is 0 Å². The van der Waals surface area contributed by atoms with Gasteiger partial charge >= 0.3 is 0 Å². The van der Waals surface area contributed by atoms with E-state index in [1.165, 1.54) is 97.3 Å². The van der Waals surface area contributed by atoms with E-state index < -0.39 is 0 Å². The van der Waals surface area contributed by atoms with Crippen molar-refractivity contribution in [2.45, 2.75) is 19.0 Å². The Morgan fingerprint density at radius 1 is 0.623 bits per heavy atom. The van der Waals surface area contributed by atoms with Crippen LogP contribution in [0.1, 0.15) is 34.8 Å². The van der Waals surface area contributed by atoms with E-state index in [-0.39, 0.29) is 6.17 Å². The van der Waals surface area contributed by atoms with E-state index in [0.29, 0.717) is 0 Å². The average molecular weight is 696 g/mol. The Kier molecular flexibility index (Phi) is 6.11. The molecule has 1 atom stereocenters. The molecular formula is C49H33N3S. The lowest BCUT2D eigenvalue weighted by molar-refractivity contribution is 0.722. The van der Waals surface area contributed by atoms with Crippen molar-refractivity contribution >= 4 is 92.5 Å². The summed E-state index contributed by atoms with van der Waals surface area (Å²) in [4.78, 5) is 0. The van der Waals surface area contributed by atoms with Crippen molar-refractivity contribution < 1.29 is 0 Å². The zero-order chi connectivity index (χ0) is 34.6. The van der Waals surface area contributed by atoms with Gasteiger partial charge in [0, 0.05) is 54.0 Å². The molecule has 3 nitrogen and oxygen atoms in total. The topological polar surface area (TPSA) is 21.9 Å². The van der Waals surface area contributed by atoms with Crippen LogP contribution in [0.25, 0.3) is 81.1 Å². The molecule has 250 valence electrons. The molecule has 1 unspecified atom stereocenters. The molecule has 0 amide bonds. The molecule has 53 heavy (non-hydrogen) atoms. The molecular weight excluding hydrogens is 663 g/mol. The maximum atomic E-state index is 3.94. The zero-order valence-corrected chi connectivity index (χ0v) is 29.7. The van der Waals surface area contributed by atoms with Gasteiger partial charge in [-0.05, 0) is 83.6 Å². The Hall–Kier alpha value is -6.36. The first-order chi connectivity index (χ1) is 26.3. The maximum absolute atomic E-state index is 3.94. The number of allylic oxidation sites excluding steroid dienone is 1. The minimum absolute atomic E-state index is 0.0935. The van der Waals surface area contributed by atoms with Crippen molar-refractivity contribution in [1.29, 1.82) is 0 Å². The molecule has 0 saturated carbocycles. The predicted molar refractivity (Wildman–Crippen MR) is 227 cm³/mol. The standard InChI is InChI=1S/C49H33N3S/c1-3-13-30(14-4-1)38-28-46(50-41-21-11-9-19-34(38)41)52-42-22-12-10-20-35(42)39-27-40-36-24-25-37-47-33-18-8-7-15-31(33)23-26-45(47)53-49(37)48(36)51(43(40)29-44(39)52)32-16-5-2-6-17-32/h1-7,9-17,19-29,46,50H,8,18H2. The van der Waals surface area contributed by atoms with E-state index in [1.807, 2.05) is 11.3 Å². The van der Waals surface area contributed by atoms with Gasteiger partial charge in [0.05, 0.1) is 26.8 Å². The summed E-state index contributed by atoms with van der Waals surface area (Å²) in [5, 5.41) is 11.9. The number of hydrogen-bond acceptors (Lipinski definition) is 2. The van der Waals surface area contributed by atoms with Crippen molar-refractivity contribution in [2.75, 3.05) is 5.32 Å². The molecule has 0 spiro atoms. The van der Waals surface area contributed by atoms with Crippen molar-refractivity contribution in [3.63, 3.8) is 0 Å². The van der Waals surface area contributed by atoms with E-state index in [9.17, 15) is 0 Å². The molecule has 12 rings (SSSR count). The lowest BCUT2D eigenvalue weighted by atomic mass is 9.93. The van der Waals surface area contributed by atoms with Gasteiger partial charge in [-0.25, -0.2) is 0 Å². The molecule has 0 radical (unpaired) electrons. The highest BCUT2D eigenvalue weighted by molar-refractivity contribution is 7.26. The predicted octanol–water partition coefficient (Wildman–Crippen LogP) is 13.3. The number of hydrogen-bond donors (Lipinski definition) is 1. The molecule has 0 saturated heterocycles. The van der Waals surface area contributed by atoms with E-state index in [4.69, 9.17) is 0 Å². The first-order valence-electron chi connectivity index (χ1n) is 18.5. The Bertz CT molecular complexity index is 3190. The third kappa shape index (κ3) is 4.15. The fourth-order valence-corrected chi connectivity index (χ4v) is 10.6. The van der Waals surface area contributed by atoms with Gasteiger partial charge in [0.25, 0.3) is 0 Å². The fraction of sp³-hybridized carbons (Fsp3) is 0.0612. The molecule has 7 aromatic carbocycles. The molecule has 4 heteroatoms. The second-order valence-electron chi connectivity index (χ2n) is 14.4. The van der Waals surface area contributed by atoms with Gasteiger partial charge in [0.2, 0.25) is 0 Å². The summed E-state index contributed by atoms with van der Waals surface area (Å²) in [7, 11) is 0. The lowest BCUT2D eigenvalue weighted by Crippen LogP contribution is -2.20. The smallest absolute Gasteiger partial charge is 0.124 e. The summed E-state index contributed by atoms with van der Waals surface area (Å²) in [5.41, 5.74) is 13.8. The number of aromatic nitrogens is 2. The normalized spacial score (nSPS) is 15.4. The number of rotatable bonds is 3. The second-order valence-corrected chi connectivity index (χ2v) is 15.5. The van der Waals surface area contributed by atoms with E-state index in [1.54, 1.807) is 0 Å². The summed E-state index contributed by atoms with van der Waals surface area (Å²) < 4.78 is 7.79. The monoisotopic (exact) mass is 695 g/mol.